The highest BCUT2D eigenvalue weighted by molar-refractivity contribution is 7.07. The van der Waals surface area contributed by atoms with E-state index in [0.29, 0.717) is 11.3 Å². The van der Waals surface area contributed by atoms with Gasteiger partial charge in [-0.25, -0.2) is 4.98 Å². The van der Waals surface area contributed by atoms with Crippen LogP contribution in [0, 0.1) is 0 Å². The predicted molar refractivity (Wildman–Crippen MR) is 70.9 cm³/mol. The lowest BCUT2D eigenvalue weighted by molar-refractivity contribution is -0.115. The number of thiazole rings is 1. The number of benzene rings is 1. The fraction of sp³-hybridized carbons (Fsp3) is 0.154. The van der Waals surface area contributed by atoms with E-state index in [2.05, 4.69) is 10.3 Å². The summed E-state index contributed by atoms with van der Waals surface area (Å²) in [4.78, 5) is 26.8. The molecule has 0 aliphatic rings. The molecule has 1 amide bonds. The molecule has 0 atom stereocenters. The van der Waals surface area contributed by atoms with Crippen LogP contribution >= 0.6 is 11.3 Å². The first-order chi connectivity index (χ1) is 8.65. The Kier molecular flexibility index (Phi) is 3.84. The smallest absolute Gasteiger partial charge is 0.230 e. The molecule has 0 spiro atoms. The average Bonchev–Trinajstić information content (AvgIpc) is 2.82. The first-order valence-corrected chi connectivity index (χ1v) is 6.37. The van der Waals surface area contributed by atoms with Crippen molar-refractivity contribution >= 4 is 28.7 Å². The van der Waals surface area contributed by atoms with Gasteiger partial charge in [0.25, 0.3) is 0 Å². The van der Waals surface area contributed by atoms with Crippen molar-refractivity contribution in [2.24, 2.45) is 0 Å². The van der Waals surface area contributed by atoms with Crippen LogP contribution in [0.5, 0.6) is 0 Å². The second kappa shape index (κ2) is 5.55. The van der Waals surface area contributed by atoms with E-state index < -0.39 is 0 Å². The summed E-state index contributed by atoms with van der Waals surface area (Å²) in [6.07, 6.45) is 0.262. The molecule has 1 heterocycles. The summed E-state index contributed by atoms with van der Waals surface area (Å²) in [6.45, 7) is 1.51. The molecular formula is C13H12N2O2S. The molecule has 18 heavy (non-hydrogen) atoms. The highest BCUT2D eigenvalue weighted by atomic mass is 32.1. The van der Waals surface area contributed by atoms with Crippen LogP contribution in [-0.4, -0.2) is 16.7 Å². The van der Waals surface area contributed by atoms with Crippen molar-refractivity contribution in [3.63, 3.8) is 0 Å². The van der Waals surface area contributed by atoms with E-state index in [1.54, 1.807) is 29.8 Å². The van der Waals surface area contributed by atoms with Crippen molar-refractivity contribution in [2.45, 2.75) is 13.3 Å². The first kappa shape index (κ1) is 12.4. The minimum Gasteiger partial charge on any atom is -0.326 e. The van der Waals surface area contributed by atoms with Gasteiger partial charge in [-0.1, -0.05) is 0 Å². The van der Waals surface area contributed by atoms with E-state index in [9.17, 15) is 9.59 Å². The van der Waals surface area contributed by atoms with Crippen LogP contribution in [0.15, 0.2) is 35.2 Å². The number of carbonyl (C=O) groups excluding carboxylic acids is 2. The molecule has 92 valence electrons. The van der Waals surface area contributed by atoms with Gasteiger partial charge < -0.3 is 5.32 Å². The normalized spacial score (nSPS) is 10.1. The van der Waals surface area contributed by atoms with Crippen LogP contribution in [0.25, 0.3) is 0 Å². The summed E-state index contributed by atoms with van der Waals surface area (Å²) in [5.41, 5.74) is 3.77. The van der Waals surface area contributed by atoms with Crippen molar-refractivity contribution in [2.75, 3.05) is 5.32 Å². The van der Waals surface area contributed by atoms with Gasteiger partial charge in [0.15, 0.2) is 5.78 Å². The van der Waals surface area contributed by atoms with Gasteiger partial charge in [0.1, 0.15) is 0 Å². The topological polar surface area (TPSA) is 59.1 Å². The highest BCUT2D eigenvalue weighted by Gasteiger charge is 2.06. The van der Waals surface area contributed by atoms with Gasteiger partial charge in [-0.15, -0.1) is 11.3 Å². The summed E-state index contributed by atoms with van der Waals surface area (Å²) < 4.78 is 0. The SMILES string of the molecule is CC(=O)c1ccc(NC(=O)Cc2cscn2)cc1. The van der Waals surface area contributed by atoms with Gasteiger partial charge in [0.05, 0.1) is 17.6 Å². The van der Waals surface area contributed by atoms with Crippen molar-refractivity contribution in [1.82, 2.24) is 4.98 Å². The molecular weight excluding hydrogens is 248 g/mol. The summed E-state index contributed by atoms with van der Waals surface area (Å²) in [6, 6.07) is 6.83. The number of anilines is 1. The number of hydrogen-bond donors (Lipinski definition) is 1. The van der Waals surface area contributed by atoms with Crippen LogP contribution in [0.3, 0.4) is 0 Å². The Bertz CT molecular complexity index is 547. The Hall–Kier alpha value is -2.01. The number of hydrogen-bond acceptors (Lipinski definition) is 4. The molecule has 0 saturated heterocycles. The maximum absolute atomic E-state index is 11.7. The lowest BCUT2D eigenvalue weighted by atomic mass is 10.1. The third kappa shape index (κ3) is 3.24. The summed E-state index contributed by atoms with van der Waals surface area (Å²) in [5.74, 6) is -0.105. The molecule has 0 aliphatic heterocycles. The molecule has 0 unspecified atom stereocenters. The Morgan fingerprint density at radius 2 is 2.00 bits per heavy atom. The standard InChI is InChI=1S/C13H12N2O2S/c1-9(16)10-2-4-11(5-3-10)15-13(17)6-12-7-18-8-14-12/h2-5,7-8H,6H2,1H3,(H,15,17). The molecule has 2 rings (SSSR count). The van der Waals surface area contributed by atoms with Crippen LogP contribution in [0.4, 0.5) is 5.69 Å². The zero-order valence-corrected chi connectivity index (χ0v) is 10.7. The lowest BCUT2D eigenvalue weighted by Gasteiger charge is -2.04. The minimum atomic E-state index is -0.114. The van der Waals surface area contributed by atoms with Crippen molar-refractivity contribution in [1.29, 1.82) is 0 Å². The molecule has 2 aromatic rings. The van der Waals surface area contributed by atoms with Crippen LogP contribution < -0.4 is 5.32 Å². The molecule has 5 heteroatoms. The minimum absolute atomic E-state index is 0.00958. The van der Waals surface area contributed by atoms with E-state index in [0.717, 1.165) is 5.69 Å². The van der Waals surface area contributed by atoms with Gasteiger partial charge in [0, 0.05) is 16.6 Å². The molecule has 0 fully saturated rings. The number of Topliss-reactive ketones (excluding diaryl/α,β-unsaturated/α-hetero) is 1. The van der Waals surface area contributed by atoms with Crippen LogP contribution in [-0.2, 0) is 11.2 Å². The van der Waals surface area contributed by atoms with E-state index >= 15 is 0 Å². The molecule has 1 aromatic carbocycles. The Morgan fingerprint density at radius 1 is 1.28 bits per heavy atom. The second-order valence-electron chi connectivity index (χ2n) is 3.84. The summed E-state index contributed by atoms with van der Waals surface area (Å²) in [5, 5.41) is 4.61. The first-order valence-electron chi connectivity index (χ1n) is 5.43. The Balaban J connectivity index is 1.97. The quantitative estimate of drug-likeness (QED) is 0.859. The number of carbonyl (C=O) groups is 2. The van der Waals surface area contributed by atoms with Gasteiger partial charge in [-0.05, 0) is 31.2 Å². The third-order valence-corrected chi connectivity index (χ3v) is 3.04. The number of ketones is 1. The van der Waals surface area contributed by atoms with E-state index in [-0.39, 0.29) is 18.1 Å². The monoisotopic (exact) mass is 260 g/mol. The lowest BCUT2D eigenvalue weighted by Crippen LogP contribution is -2.14. The van der Waals surface area contributed by atoms with Gasteiger partial charge in [-0.3, -0.25) is 9.59 Å². The predicted octanol–water partition coefficient (Wildman–Crippen LogP) is 2.53. The molecule has 0 aliphatic carbocycles. The summed E-state index contributed by atoms with van der Waals surface area (Å²) in [7, 11) is 0. The average molecular weight is 260 g/mol. The van der Waals surface area contributed by atoms with Crippen molar-refractivity contribution in [3.05, 3.63) is 46.4 Å². The molecule has 0 radical (unpaired) electrons. The molecule has 4 nitrogen and oxygen atoms in total. The Morgan fingerprint density at radius 3 is 2.56 bits per heavy atom. The van der Waals surface area contributed by atoms with E-state index in [4.69, 9.17) is 0 Å². The van der Waals surface area contributed by atoms with Crippen molar-refractivity contribution < 1.29 is 9.59 Å². The van der Waals surface area contributed by atoms with Crippen LogP contribution in [0.2, 0.25) is 0 Å². The zero-order chi connectivity index (χ0) is 13.0. The summed E-state index contributed by atoms with van der Waals surface area (Å²) >= 11 is 1.46. The van der Waals surface area contributed by atoms with E-state index in [1.807, 2.05) is 5.38 Å². The molecule has 0 bridgehead atoms. The van der Waals surface area contributed by atoms with Gasteiger partial charge in [-0.2, -0.15) is 0 Å². The molecule has 1 aromatic heterocycles. The van der Waals surface area contributed by atoms with Gasteiger partial charge >= 0.3 is 0 Å². The zero-order valence-electron chi connectivity index (χ0n) is 9.84. The third-order valence-electron chi connectivity index (χ3n) is 2.40. The van der Waals surface area contributed by atoms with Gasteiger partial charge in [0.2, 0.25) is 5.91 Å². The van der Waals surface area contributed by atoms with Crippen LogP contribution in [0.1, 0.15) is 23.0 Å². The second-order valence-corrected chi connectivity index (χ2v) is 4.56. The Labute approximate surface area is 109 Å². The number of rotatable bonds is 4. The highest BCUT2D eigenvalue weighted by Crippen LogP contribution is 2.11. The maximum Gasteiger partial charge on any atom is 0.230 e. The number of aromatic nitrogens is 1. The maximum atomic E-state index is 11.7. The largest absolute Gasteiger partial charge is 0.326 e. The fourth-order valence-electron chi connectivity index (χ4n) is 1.48. The number of nitrogens with one attached hydrogen (secondary N) is 1. The molecule has 1 N–H and O–H groups in total. The fourth-order valence-corrected chi connectivity index (χ4v) is 2.04. The van der Waals surface area contributed by atoms with Crippen molar-refractivity contribution in [3.8, 4) is 0 Å². The number of amides is 1. The van der Waals surface area contributed by atoms with E-state index in [1.165, 1.54) is 18.3 Å². The number of nitrogens with zero attached hydrogens (tertiary/aromatic N) is 1. The molecule has 0 saturated carbocycles.